The van der Waals surface area contributed by atoms with E-state index in [0.29, 0.717) is 5.16 Å². The van der Waals surface area contributed by atoms with E-state index in [1.807, 2.05) is 24.3 Å². The second-order valence-corrected chi connectivity index (χ2v) is 19.5. The molecule has 390 valence electrons. The number of H-pyrrole nitrogens is 2. The monoisotopic (exact) mass is 1100 g/mol. The lowest BCUT2D eigenvalue weighted by molar-refractivity contribution is 0.312. The third-order valence-electron chi connectivity index (χ3n) is 12.1. The Morgan fingerprint density at radius 2 is 1.03 bits per heavy atom. The molecule has 23 heteroatoms. The molecule has 2 aliphatic heterocycles. The van der Waals surface area contributed by atoms with E-state index in [1.54, 1.807) is 42.7 Å². The number of piperazine rings is 2. The maximum Gasteiger partial charge on any atom is 0.334 e. The van der Waals surface area contributed by atoms with Gasteiger partial charge in [0, 0.05) is 87.5 Å². The van der Waals surface area contributed by atoms with Gasteiger partial charge in [-0.3, -0.25) is 19.6 Å². The van der Waals surface area contributed by atoms with Crippen molar-refractivity contribution in [3.8, 4) is 11.4 Å². The Hall–Kier alpha value is -6.45. The number of para-hydroxylation sites is 2. The molecule has 2 aliphatic rings. The Labute approximate surface area is 452 Å². The van der Waals surface area contributed by atoms with Gasteiger partial charge in [0.25, 0.3) is 11.1 Å². The van der Waals surface area contributed by atoms with Gasteiger partial charge in [-0.05, 0) is 106 Å². The lowest BCUT2D eigenvalue weighted by Crippen LogP contribution is -2.44. The molecule has 10 rings (SSSR count). The average molecular weight is 1100 g/mol. The highest BCUT2D eigenvalue weighted by Crippen LogP contribution is 2.29. The molecule has 74 heavy (non-hydrogen) atoms. The van der Waals surface area contributed by atoms with Crippen molar-refractivity contribution in [2.75, 3.05) is 93.6 Å². The number of aromatic amines is 2. The van der Waals surface area contributed by atoms with Gasteiger partial charge in [-0.1, -0.05) is 85.2 Å². The van der Waals surface area contributed by atoms with Gasteiger partial charge in [-0.25, -0.2) is 33.7 Å². The van der Waals surface area contributed by atoms with E-state index >= 15 is 0 Å². The van der Waals surface area contributed by atoms with Gasteiger partial charge >= 0.3 is 11.4 Å². The maximum absolute atomic E-state index is 13.1. The number of nitrogens with two attached hydrogens (primary N) is 1. The van der Waals surface area contributed by atoms with Crippen LogP contribution in [-0.2, 0) is 0 Å². The molecule has 18 nitrogen and oxygen atoms in total. The summed E-state index contributed by atoms with van der Waals surface area (Å²) in [6, 6.07) is 21.7. The van der Waals surface area contributed by atoms with Gasteiger partial charge in [0.15, 0.2) is 16.5 Å². The molecule has 2 saturated heterocycles. The molecule has 0 atom stereocenters. The van der Waals surface area contributed by atoms with Crippen molar-refractivity contribution in [2.24, 2.45) is 0 Å². The summed E-state index contributed by atoms with van der Waals surface area (Å²) >= 11 is 25.9. The second-order valence-electron chi connectivity index (χ2n) is 17.1. The number of fused-ring (bicyclic) bond motifs is 2. The summed E-state index contributed by atoms with van der Waals surface area (Å²) in [4.78, 5) is 82.2. The molecule has 0 spiro atoms. The van der Waals surface area contributed by atoms with Crippen LogP contribution in [0.3, 0.4) is 0 Å². The molecule has 4 aromatic carbocycles. The summed E-state index contributed by atoms with van der Waals surface area (Å²) in [5.41, 5.74) is 10.3. The van der Waals surface area contributed by atoms with E-state index < -0.39 is 22.5 Å². The Bertz CT molecular complexity index is 3520. The standard InChI is InChI=1S/C24H23Cl2N7O2.C13H8Cl2N4O2S.C12H19N3.2CH4/c1-14-12-15(6-7-19(14)32-10-8-31(2)9-11-32)28-23-27-13-16-21(29-23)30-24(35)33(22(16)34)20-17(25)4-3-5-18(20)26;1-22-12-16-5-6-10(17-12)18-13(21)19(11(6)20)9-7(14)3-2-4-8(9)15;1-10-9-11(13)3-4-12(10)15-7-5-14(2)6-8-15;;/h3-7,12-13H,8-11H2,1-2H3,(H2,27,28,29,30,35);2-5H,1H3,(H,16,17,18,21);3-4,9H,5-8,13H2,1-2H3;2*1H4. The van der Waals surface area contributed by atoms with Crippen LogP contribution in [0.5, 0.6) is 0 Å². The Kier molecular flexibility index (Phi) is 19.0. The fourth-order valence-electron chi connectivity index (χ4n) is 8.31. The summed E-state index contributed by atoms with van der Waals surface area (Å²) in [6.07, 6.45) is 4.54. The van der Waals surface area contributed by atoms with Crippen LogP contribution in [0.2, 0.25) is 20.1 Å². The lowest BCUT2D eigenvalue weighted by Gasteiger charge is -2.35. The quantitative estimate of drug-likeness (QED) is 0.0668. The number of nitrogens with zero attached hydrogens (tertiary/aromatic N) is 10. The molecule has 5 N–H and O–H groups in total. The van der Waals surface area contributed by atoms with Crippen molar-refractivity contribution in [1.29, 1.82) is 0 Å². The van der Waals surface area contributed by atoms with Gasteiger partial charge < -0.3 is 30.7 Å². The van der Waals surface area contributed by atoms with Crippen LogP contribution in [0.1, 0.15) is 26.0 Å². The highest BCUT2D eigenvalue weighted by atomic mass is 35.5. The normalized spacial score (nSPS) is 13.8. The van der Waals surface area contributed by atoms with E-state index in [-0.39, 0.29) is 74.3 Å². The SMILES string of the molecule is C.C.CSc1ncc2c(=O)n(-c3c(Cl)cccc3Cl)c(=O)[nH]c2n1.Cc1cc(N)ccc1N1CCN(C)CC1.Cc1cc(Nc2ncc3c(=O)n(-c4c(Cl)cccc4Cl)c(=O)[nH]c3n2)ccc1N1CCN(C)CC1. The first-order valence-electron chi connectivity index (χ1n) is 22.6. The second kappa shape index (κ2) is 24.7. The fourth-order valence-corrected chi connectivity index (χ4v) is 9.78. The smallest absolute Gasteiger partial charge is 0.334 e. The van der Waals surface area contributed by atoms with Gasteiger partial charge in [-0.2, -0.15) is 4.98 Å². The van der Waals surface area contributed by atoms with E-state index in [1.165, 1.54) is 41.1 Å². The number of hydrogen-bond donors (Lipinski definition) is 4. The van der Waals surface area contributed by atoms with Crippen molar-refractivity contribution < 1.29 is 0 Å². The molecular formula is C51H58Cl4N14O4S. The van der Waals surface area contributed by atoms with E-state index in [4.69, 9.17) is 52.1 Å². The van der Waals surface area contributed by atoms with E-state index in [0.717, 1.165) is 78.4 Å². The third kappa shape index (κ3) is 12.5. The van der Waals surface area contributed by atoms with Crippen molar-refractivity contribution in [3.63, 3.8) is 0 Å². The predicted octanol–water partition coefficient (Wildman–Crippen LogP) is 8.68. The Morgan fingerprint density at radius 1 is 0.595 bits per heavy atom. The zero-order valence-corrected chi connectivity index (χ0v) is 43.7. The number of aryl methyl sites for hydroxylation is 2. The van der Waals surface area contributed by atoms with Crippen molar-refractivity contribution in [1.82, 2.24) is 48.8 Å². The molecular weight excluding hydrogens is 1050 g/mol. The van der Waals surface area contributed by atoms with Gasteiger partial charge in [0.2, 0.25) is 5.95 Å². The molecule has 0 radical (unpaired) electrons. The van der Waals surface area contributed by atoms with Crippen LogP contribution < -0.4 is 43.3 Å². The zero-order chi connectivity index (χ0) is 51.4. The topological polar surface area (TPSA) is 212 Å². The molecule has 0 saturated carbocycles. The summed E-state index contributed by atoms with van der Waals surface area (Å²) in [5, 5.41) is 4.67. The first kappa shape index (κ1) is 56.8. The molecule has 4 aromatic heterocycles. The largest absolute Gasteiger partial charge is 0.399 e. The van der Waals surface area contributed by atoms with Crippen LogP contribution >= 0.6 is 58.2 Å². The fraction of sp³-hybridized carbons (Fsp3) is 0.294. The van der Waals surface area contributed by atoms with Crippen molar-refractivity contribution in [3.05, 3.63) is 158 Å². The molecule has 0 amide bonds. The predicted molar refractivity (Wildman–Crippen MR) is 306 cm³/mol. The number of halogens is 4. The first-order valence-corrected chi connectivity index (χ1v) is 25.3. The Balaban J connectivity index is 0.000000196. The maximum atomic E-state index is 13.1. The summed E-state index contributed by atoms with van der Waals surface area (Å²) in [7, 11) is 4.31. The van der Waals surface area contributed by atoms with Crippen LogP contribution in [0, 0.1) is 13.8 Å². The van der Waals surface area contributed by atoms with Crippen LogP contribution in [0.15, 0.2) is 110 Å². The number of benzene rings is 4. The molecule has 0 bridgehead atoms. The number of rotatable bonds is 7. The minimum atomic E-state index is -0.700. The number of nitrogens with one attached hydrogen (secondary N) is 3. The van der Waals surface area contributed by atoms with Crippen LogP contribution in [-0.4, -0.2) is 122 Å². The highest BCUT2D eigenvalue weighted by molar-refractivity contribution is 7.98. The minimum absolute atomic E-state index is 0. The lowest BCUT2D eigenvalue weighted by atomic mass is 10.1. The van der Waals surface area contributed by atoms with Crippen LogP contribution in [0.4, 0.5) is 28.7 Å². The number of thioether (sulfide) groups is 1. The highest BCUT2D eigenvalue weighted by Gasteiger charge is 2.20. The number of hydrogen-bond acceptors (Lipinski definition) is 15. The number of likely N-dealkylation sites (N-methyl/N-ethyl adjacent to an activating group) is 2. The van der Waals surface area contributed by atoms with Gasteiger partial charge in [0.1, 0.15) is 10.8 Å². The van der Waals surface area contributed by atoms with Crippen LogP contribution in [0.25, 0.3) is 33.4 Å². The molecule has 8 aromatic rings. The third-order valence-corrected chi connectivity index (χ3v) is 13.9. The van der Waals surface area contributed by atoms with Crippen molar-refractivity contribution in [2.45, 2.75) is 33.9 Å². The Morgan fingerprint density at radius 3 is 1.47 bits per heavy atom. The molecule has 6 heterocycles. The zero-order valence-electron chi connectivity index (χ0n) is 39.8. The summed E-state index contributed by atoms with van der Waals surface area (Å²) in [5.74, 6) is 0.257. The summed E-state index contributed by atoms with van der Waals surface area (Å²) in [6.45, 7) is 12.8. The van der Waals surface area contributed by atoms with Gasteiger partial charge in [0.05, 0.1) is 31.5 Å². The average Bonchev–Trinajstić information content (AvgIpc) is 3.34. The number of nitrogen functional groups attached to an aromatic ring is 1. The van der Waals surface area contributed by atoms with Gasteiger partial charge in [-0.15, -0.1) is 0 Å². The van der Waals surface area contributed by atoms with E-state index in [9.17, 15) is 19.2 Å². The van der Waals surface area contributed by atoms with Crippen molar-refractivity contribution >= 4 is 109 Å². The molecule has 2 fully saturated rings. The number of aromatic nitrogens is 8. The molecule has 0 unspecified atom stereocenters. The summed E-state index contributed by atoms with van der Waals surface area (Å²) < 4.78 is 1.78. The molecule has 0 aliphatic carbocycles. The number of anilines is 5. The first-order chi connectivity index (χ1) is 34.5. The van der Waals surface area contributed by atoms with E-state index in [2.05, 4.69) is 94.9 Å². The minimum Gasteiger partial charge on any atom is -0.399 e.